The molecule has 1 aromatic heterocycles. The van der Waals surface area contributed by atoms with Crippen molar-refractivity contribution in [2.45, 2.75) is 6.10 Å². The van der Waals surface area contributed by atoms with Crippen molar-refractivity contribution in [3.05, 3.63) is 36.1 Å². The van der Waals surface area contributed by atoms with E-state index >= 15 is 0 Å². The number of rotatable bonds is 5. The van der Waals surface area contributed by atoms with Crippen LogP contribution in [-0.4, -0.2) is 49.3 Å². The molecular formula is C14H17NO4. The van der Waals surface area contributed by atoms with Gasteiger partial charge in [0.15, 0.2) is 5.76 Å². The fourth-order valence-corrected chi connectivity index (χ4v) is 1.92. The van der Waals surface area contributed by atoms with E-state index in [1.165, 1.54) is 12.0 Å². The quantitative estimate of drug-likeness (QED) is 0.888. The zero-order valence-corrected chi connectivity index (χ0v) is 11.0. The van der Waals surface area contributed by atoms with Crippen molar-refractivity contribution >= 4 is 16.9 Å². The second-order valence-corrected chi connectivity index (χ2v) is 4.44. The van der Waals surface area contributed by atoms with Gasteiger partial charge in [0.25, 0.3) is 5.91 Å². The summed E-state index contributed by atoms with van der Waals surface area (Å²) in [6.07, 6.45) is -0.705. The highest BCUT2D eigenvalue weighted by atomic mass is 16.5. The van der Waals surface area contributed by atoms with Crippen LogP contribution < -0.4 is 0 Å². The maximum atomic E-state index is 12.1. The maximum Gasteiger partial charge on any atom is 0.289 e. The van der Waals surface area contributed by atoms with Crippen molar-refractivity contribution < 1.29 is 19.1 Å². The van der Waals surface area contributed by atoms with E-state index in [1.54, 1.807) is 13.1 Å². The van der Waals surface area contributed by atoms with E-state index in [4.69, 9.17) is 9.15 Å². The van der Waals surface area contributed by atoms with E-state index in [-0.39, 0.29) is 24.8 Å². The number of methoxy groups -OCH3 is 1. The van der Waals surface area contributed by atoms with Crippen molar-refractivity contribution in [2.75, 3.05) is 27.3 Å². The molecule has 0 saturated heterocycles. The largest absolute Gasteiger partial charge is 0.451 e. The molecule has 5 heteroatoms. The number of carbonyl (C=O) groups excluding carboxylic acids is 1. The average Bonchev–Trinajstić information content (AvgIpc) is 2.81. The van der Waals surface area contributed by atoms with Gasteiger partial charge in [-0.05, 0) is 12.1 Å². The normalized spacial score (nSPS) is 12.6. The molecule has 1 heterocycles. The Balaban J connectivity index is 2.10. The summed E-state index contributed by atoms with van der Waals surface area (Å²) >= 11 is 0. The van der Waals surface area contributed by atoms with E-state index in [2.05, 4.69) is 0 Å². The lowest BCUT2D eigenvalue weighted by atomic mass is 10.2. The fourth-order valence-electron chi connectivity index (χ4n) is 1.92. The Morgan fingerprint density at radius 2 is 2.21 bits per heavy atom. The number of hydrogen-bond donors (Lipinski definition) is 1. The minimum absolute atomic E-state index is 0.192. The SMILES string of the molecule is COCC(O)CN(C)C(=O)c1cc2ccccc2o1. The maximum absolute atomic E-state index is 12.1. The van der Waals surface area contributed by atoms with Gasteiger partial charge in [0.2, 0.25) is 0 Å². The Morgan fingerprint density at radius 1 is 1.47 bits per heavy atom. The standard InChI is InChI=1S/C14H17NO4/c1-15(8-11(16)9-18-2)14(17)13-7-10-5-3-4-6-12(10)19-13/h3-7,11,16H,8-9H2,1-2H3. The number of benzene rings is 1. The van der Waals surface area contributed by atoms with E-state index in [0.717, 1.165) is 5.39 Å². The Morgan fingerprint density at radius 3 is 2.89 bits per heavy atom. The second kappa shape index (κ2) is 5.86. The van der Waals surface area contributed by atoms with Crippen LogP contribution in [0.15, 0.2) is 34.7 Å². The molecule has 1 amide bonds. The van der Waals surface area contributed by atoms with E-state index < -0.39 is 6.10 Å². The topological polar surface area (TPSA) is 62.9 Å². The summed E-state index contributed by atoms with van der Waals surface area (Å²) in [6, 6.07) is 9.14. The number of para-hydroxylation sites is 1. The van der Waals surface area contributed by atoms with Gasteiger partial charge in [0.1, 0.15) is 5.58 Å². The van der Waals surface area contributed by atoms with Crippen LogP contribution in [0.25, 0.3) is 11.0 Å². The number of likely N-dealkylation sites (N-methyl/N-ethyl adjacent to an activating group) is 1. The number of hydrogen-bond acceptors (Lipinski definition) is 4. The molecule has 1 atom stereocenters. The van der Waals surface area contributed by atoms with Gasteiger partial charge in [0.05, 0.1) is 12.7 Å². The molecule has 1 unspecified atom stereocenters. The molecule has 2 rings (SSSR count). The highest BCUT2D eigenvalue weighted by molar-refractivity contribution is 5.95. The van der Waals surface area contributed by atoms with E-state index in [0.29, 0.717) is 5.58 Å². The molecule has 1 N–H and O–H groups in total. The summed E-state index contributed by atoms with van der Waals surface area (Å²) < 4.78 is 10.3. The minimum atomic E-state index is -0.705. The highest BCUT2D eigenvalue weighted by Gasteiger charge is 2.19. The number of furan rings is 1. The summed E-state index contributed by atoms with van der Waals surface area (Å²) in [5.74, 6) is 0.0136. The summed E-state index contributed by atoms with van der Waals surface area (Å²) in [7, 11) is 3.12. The van der Waals surface area contributed by atoms with E-state index in [1.807, 2.05) is 24.3 Å². The molecule has 19 heavy (non-hydrogen) atoms. The predicted octanol–water partition coefficient (Wildman–Crippen LogP) is 1.51. The Hall–Kier alpha value is -1.85. The lowest BCUT2D eigenvalue weighted by Crippen LogP contribution is -2.36. The van der Waals surface area contributed by atoms with Crippen LogP contribution in [0.2, 0.25) is 0 Å². The first kappa shape index (κ1) is 13.6. The lowest BCUT2D eigenvalue weighted by molar-refractivity contribution is 0.0368. The molecule has 0 aliphatic rings. The summed E-state index contributed by atoms with van der Waals surface area (Å²) in [5, 5.41) is 10.5. The van der Waals surface area contributed by atoms with Gasteiger partial charge in [-0.2, -0.15) is 0 Å². The Bertz CT molecular complexity index is 530. The second-order valence-electron chi connectivity index (χ2n) is 4.44. The molecule has 102 valence electrons. The van der Waals surface area contributed by atoms with Gasteiger partial charge in [-0.15, -0.1) is 0 Å². The number of nitrogens with zero attached hydrogens (tertiary/aromatic N) is 1. The summed E-state index contributed by atoms with van der Waals surface area (Å²) in [4.78, 5) is 13.6. The van der Waals surface area contributed by atoms with Crippen molar-refractivity contribution in [2.24, 2.45) is 0 Å². The number of aliphatic hydroxyl groups is 1. The van der Waals surface area contributed by atoms with Crippen molar-refractivity contribution in [3.8, 4) is 0 Å². The van der Waals surface area contributed by atoms with Crippen LogP contribution in [0, 0.1) is 0 Å². The lowest BCUT2D eigenvalue weighted by Gasteiger charge is -2.19. The number of aliphatic hydroxyl groups excluding tert-OH is 1. The van der Waals surface area contributed by atoms with Crippen LogP contribution in [-0.2, 0) is 4.74 Å². The third kappa shape index (κ3) is 3.13. The first-order chi connectivity index (χ1) is 9.11. The molecule has 0 radical (unpaired) electrons. The van der Waals surface area contributed by atoms with Crippen LogP contribution in [0.3, 0.4) is 0 Å². The zero-order chi connectivity index (χ0) is 13.8. The third-order valence-corrected chi connectivity index (χ3v) is 2.83. The molecule has 2 aromatic rings. The van der Waals surface area contributed by atoms with Crippen LogP contribution in [0.1, 0.15) is 10.6 Å². The molecule has 0 aliphatic heterocycles. The number of carbonyl (C=O) groups is 1. The number of fused-ring (bicyclic) bond motifs is 1. The Labute approximate surface area is 111 Å². The molecular weight excluding hydrogens is 246 g/mol. The van der Waals surface area contributed by atoms with Crippen molar-refractivity contribution in [3.63, 3.8) is 0 Å². The molecule has 0 saturated carbocycles. The monoisotopic (exact) mass is 263 g/mol. The Kier molecular flexibility index (Phi) is 4.19. The highest BCUT2D eigenvalue weighted by Crippen LogP contribution is 2.19. The molecule has 1 aromatic carbocycles. The van der Waals surface area contributed by atoms with Crippen LogP contribution in [0.4, 0.5) is 0 Å². The van der Waals surface area contributed by atoms with Crippen molar-refractivity contribution in [1.29, 1.82) is 0 Å². The van der Waals surface area contributed by atoms with Gasteiger partial charge in [0, 0.05) is 26.1 Å². The molecule has 5 nitrogen and oxygen atoms in total. The first-order valence-electron chi connectivity index (χ1n) is 6.03. The smallest absolute Gasteiger partial charge is 0.289 e. The number of amides is 1. The van der Waals surface area contributed by atoms with Gasteiger partial charge >= 0.3 is 0 Å². The molecule has 0 spiro atoms. The molecule has 0 bridgehead atoms. The van der Waals surface area contributed by atoms with Crippen LogP contribution in [0.5, 0.6) is 0 Å². The van der Waals surface area contributed by atoms with Gasteiger partial charge in [-0.1, -0.05) is 18.2 Å². The van der Waals surface area contributed by atoms with E-state index in [9.17, 15) is 9.90 Å². The predicted molar refractivity (Wildman–Crippen MR) is 71.1 cm³/mol. The zero-order valence-electron chi connectivity index (χ0n) is 11.0. The van der Waals surface area contributed by atoms with Gasteiger partial charge < -0.3 is 19.2 Å². The fraction of sp³-hybridized carbons (Fsp3) is 0.357. The third-order valence-electron chi connectivity index (χ3n) is 2.83. The van der Waals surface area contributed by atoms with Crippen molar-refractivity contribution in [1.82, 2.24) is 4.90 Å². The van der Waals surface area contributed by atoms with Gasteiger partial charge in [-0.3, -0.25) is 4.79 Å². The molecule has 0 aliphatic carbocycles. The minimum Gasteiger partial charge on any atom is -0.451 e. The number of ether oxygens (including phenoxy) is 1. The van der Waals surface area contributed by atoms with Crippen LogP contribution >= 0.6 is 0 Å². The molecule has 0 fully saturated rings. The van der Waals surface area contributed by atoms with Gasteiger partial charge in [-0.25, -0.2) is 0 Å². The summed E-state index contributed by atoms with van der Waals surface area (Å²) in [5.41, 5.74) is 0.677. The first-order valence-corrected chi connectivity index (χ1v) is 6.03. The average molecular weight is 263 g/mol. The summed E-state index contributed by atoms with van der Waals surface area (Å²) in [6.45, 7) is 0.390.